The van der Waals surface area contributed by atoms with Crippen LogP contribution in [0.4, 0.5) is 0 Å². The van der Waals surface area contributed by atoms with E-state index in [9.17, 15) is 14.4 Å². The molecule has 0 spiro atoms. The molecular formula is C23H30BrN3O4. The Morgan fingerprint density at radius 1 is 1.06 bits per heavy atom. The smallest absolute Gasteiger partial charge is 0.261 e. The van der Waals surface area contributed by atoms with Gasteiger partial charge in [-0.05, 0) is 50.8 Å². The van der Waals surface area contributed by atoms with Gasteiger partial charge in [0.15, 0.2) is 0 Å². The Bertz CT molecular complexity index is 858. The van der Waals surface area contributed by atoms with Crippen molar-refractivity contribution < 1.29 is 19.1 Å². The van der Waals surface area contributed by atoms with E-state index in [1.165, 1.54) is 4.90 Å². The lowest BCUT2D eigenvalue weighted by Gasteiger charge is -2.39. The van der Waals surface area contributed by atoms with E-state index in [0.29, 0.717) is 17.0 Å². The molecule has 3 aliphatic rings. The van der Waals surface area contributed by atoms with Crippen LogP contribution < -0.4 is 0 Å². The summed E-state index contributed by atoms with van der Waals surface area (Å²) in [4.78, 5) is 43.4. The number of imide groups is 1. The van der Waals surface area contributed by atoms with Gasteiger partial charge < -0.3 is 9.64 Å². The molecule has 2 fully saturated rings. The summed E-state index contributed by atoms with van der Waals surface area (Å²) in [6, 6.07) is 5.07. The average Bonchev–Trinajstić information content (AvgIpc) is 2.95. The number of halogens is 1. The molecule has 3 heterocycles. The van der Waals surface area contributed by atoms with Crippen LogP contribution in [0.3, 0.4) is 0 Å². The lowest BCUT2D eigenvalue weighted by atomic mass is 9.95. The van der Waals surface area contributed by atoms with Gasteiger partial charge in [0.05, 0.1) is 23.3 Å². The van der Waals surface area contributed by atoms with Crippen molar-refractivity contribution in [2.75, 3.05) is 39.3 Å². The van der Waals surface area contributed by atoms with Crippen molar-refractivity contribution in [2.24, 2.45) is 5.92 Å². The van der Waals surface area contributed by atoms with Gasteiger partial charge in [-0.25, -0.2) is 0 Å². The minimum atomic E-state index is -0.318. The fourth-order valence-corrected chi connectivity index (χ4v) is 5.36. The summed E-state index contributed by atoms with van der Waals surface area (Å²) >= 11 is 3.34. The Labute approximate surface area is 191 Å². The second-order valence-corrected chi connectivity index (χ2v) is 9.92. The zero-order valence-corrected chi connectivity index (χ0v) is 19.8. The van der Waals surface area contributed by atoms with Crippen molar-refractivity contribution in [3.05, 3.63) is 33.8 Å². The maximum Gasteiger partial charge on any atom is 0.261 e. The molecular weight excluding hydrogens is 462 g/mol. The molecule has 4 rings (SSSR count). The van der Waals surface area contributed by atoms with Crippen molar-refractivity contribution in [3.63, 3.8) is 0 Å². The quantitative estimate of drug-likeness (QED) is 0.592. The van der Waals surface area contributed by atoms with Crippen molar-refractivity contribution >= 4 is 33.7 Å². The molecule has 2 unspecified atom stereocenters. The predicted molar refractivity (Wildman–Crippen MR) is 120 cm³/mol. The molecule has 8 heteroatoms. The van der Waals surface area contributed by atoms with Crippen LogP contribution in [0.25, 0.3) is 0 Å². The summed E-state index contributed by atoms with van der Waals surface area (Å²) in [6.07, 6.45) is 2.71. The number of hydrogen-bond acceptors (Lipinski definition) is 5. The van der Waals surface area contributed by atoms with Gasteiger partial charge >= 0.3 is 0 Å². The number of hydrogen-bond donors (Lipinski definition) is 0. The zero-order chi connectivity index (χ0) is 22.1. The van der Waals surface area contributed by atoms with Gasteiger partial charge in [0, 0.05) is 50.2 Å². The van der Waals surface area contributed by atoms with Crippen LogP contribution in [-0.4, -0.2) is 83.9 Å². The van der Waals surface area contributed by atoms with Gasteiger partial charge in [0.25, 0.3) is 11.8 Å². The number of amides is 3. The summed E-state index contributed by atoms with van der Waals surface area (Å²) in [7, 11) is 0. The number of likely N-dealkylation sites (tertiary alicyclic amines) is 1. The van der Waals surface area contributed by atoms with Crippen LogP contribution in [0.1, 0.15) is 53.8 Å². The summed E-state index contributed by atoms with van der Waals surface area (Å²) in [5, 5.41) is 0. The SMILES string of the molecule is CC1CN(CC2CCN(C(=O)CCN3C(=O)c4ccc(Br)cc4C3=O)CC2)CC(C)O1. The fraction of sp³-hybridized carbons (Fsp3) is 0.609. The van der Waals surface area contributed by atoms with E-state index in [1.807, 2.05) is 4.90 Å². The Kier molecular flexibility index (Phi) is 6.79. The normalized spacial score (nSPS) is 25.3. The predicted octanol–water partition coefficient (Wildman–Crippen LogP) is 2.78. The summed E-state index contributed by atoms with van der Waals surface area (Å²) in [5.74, 6) is -0.0178. The van der Waals surface area contributed by atoms with Crippen molar-refractivity contribution in [2.45, 2.75) is 45.3 Å². The number of carbonyl (C=O) groups is 3. The molecule has 168 valence electrons. The first-order valence-corrected chi connectivity index (χ1v) is 11.9. The molecule has 0 saturated carbocycles. The third kappa shape index (κ3) is 5.02. The monoisotopic (exact) mass is 491 g/mol. The number of benzene rings is 1. The highest BCUT2D eigenvalue weighted by molar-refractivity contribution is 9.10. The molecule has 0 aromatic heterocycles. The topological polar surface area (TPSA) is 70.2 Å². The van der Waals surface area contributed by atoms with Crippen LogP contribution in [0.15, 0.2) is 22.7 Å². The highest BCUT2D eigenvalue weighted by Crippen LogP contribution is 2.26. The van der Waals surface area contributed by atoms with Crippen LogP contribution in [-0.2, 0) is 9.53 Å². The summed E-state index contributed by atoms with van der Waals surface area (Å²) in [6.45, 7) is 8.87. The number of nitrogens with zero attached hydrogens (tertiary/aromatic N) is 3. The van der Waals surface area contributed by atoms with Gasteiger partial charge in [0.2, 0.25) is 5.91 Å². The fourth-order valence-electron chi connectivity index (χ4n) is 5.00. The first-order valence-electron chi connectivity index (χ1n) is 11.1. The Balaban J connectivity index is 1.24. The van der Waals surface area contributed by atoms with Gasteiger partial charge in [-0.3, -0.25) is 24.2 Å². The maximum absolute atomic E-state index is 12.7. The van der Waals surface area contributed by atoms with Gasteiger partial charge in [-0.2, -0.15) is 0 Å². The molecule has 0 N–H and O–H groups in total. The first-order chi connectivity index (χ1) is 14.8. The third-order valence-corrected chi connectivity index (χ3v) is 6.95. The molecule has 31 heavy (non-hydrogen) atoms. The molecule has 3 aliphatic heterocycles. The molecule has 2 atom stereocenters. The van der Waals surface area contributed by atoms with E-state index >= 15 is 0 Å². The van der Waals surface area contributed by atoms with E-state index in [-0.39, 0.29) is 42.9 Å². The highest BCUT2D eigenvalue weighted by atomic mass is 79.9. The van der Waals surface area contributed by atoms with E-state index in [4.69, 9.17) is 4.74 Å². The largest absolute Gasteiger partial charge is 0.373 e. The molecule has 0 bridgehead atoms. The number of ether oxygens (including phenoxy) is 1. The van der Waals surface area contributed by atoms with Crippen molar-refractivity contribution in [1.29, 1.82) is 0 Å². The number of carbonyl (C=O) groups excluding carboxylic acids is 3. The van der Waals surface area contributed by atoms with Gasteiger partial charge in [0.1, 0.15) is 0 Å². The number of piperidine rings is 1. The third-order valence-electron chi connectivity index (χ3n) is 6.46. The Morgan fingerprint density at radius 3 is 2.39 bits per heavy atom. The van der Waals surface area contributed by atoms with E-state index in [1.54, 1.807) is 18.2 Å². The van der Waals surface area contributed by atoms with Gasteiger partial charge in [-0.15, -0.1) is 0 Å². The van der Waals surface area contributed by atoms with E-state index < -0.39 is 0 Å². The molecule has 1 aromatic carbocycles. The molecule has 7 nitrogen and oxygen atoms in total. The summed E-state index contributed by atoms with van der Waals surface area (Å²) in [5.41, 5.74) is 0.813. The Hall–Kier alpha value is -1.77. The van der Waals surface area contributed by atoms with Crippen LogP contribution >= 0.6 is 15.9 Å². The second-order valence-electron chi connectivity index (χ2n) is 9.00. The number of rotatable bonds is 5. The molecule has 0 radical (unpaired) electrons. The molecule has 3 amide bonds. The van der Waals surface area contributed by atoms with Crippen LogP contribution in [0.5, 0.6) is 0 Å². The minimum absolute atomic E-state index is 0.0183. The lowest BCUT2D eigenvalue weighted by molar-refractivity contribution is -0.132. The molecule has 0 aliphatic carbocycles. The molecule has 1 aromatic rings. The van der Waals surface area contributed by atoms with E-state index in [2.05, 4.69) is 34.7 Å². The lowest BCUT2D eigenvalue weighted by Crippen LogP contribution is -2.49. The summed E-state index contributed by atoms with van der Waals surface area (Å²) < 4.78 is 6.57. The zero-order valence-electron chi connectivity index (χ0n) is 18.2. The van der Waals surface area contributed by atoms with Crippen LogP contribution in [0, 0.1) is 5.92 Å². The maximum atomic E-state index is 12.7. The van der Waals surface area contributed by atoms with Crippen LogP contribution in [0.2, 0.25) is 0 Å². The van der Waals surface area contributed by atoms with Crippen molar-refractivity contribution in [3.8, 4) is 0 Å². The first kappa shape index (κ1) is 22.4. The highest BCUT2D eigenvalue weighted by Gasteiger charge is 2.36. The Morgan fingerprint density at radius 2 is 1.71 bits per heavy atom. The average molecular weight is 492 g/mol. The standard InChI is InChI=1S/C23H30BrN3O4/c1-15-12-25(13-16(2)31-15)14-17-5-8-26(9-6-17)21(28)7-10-27-22(29)19-4-3-18(24)11-20(19)23(27)30/h3-4,11,15-17H,5-10,12-14H2,1-2H3. The number of fused-ring (bicyclic) bond motifs is 1. The van der Waals surface area contributed by atoms with Crippen molar-refractivity contribution in [1.82, 2.24) is 14.7 Å². The number of morpholine rings is 1. The van der Waals surface area contributed by atoms with Gasteiger partial charge in [-0.1, -0.05) is 15.9 Å². The van der Waals surface area contributed by atoms with E-state index in [0.717, 1.165) is 50.0 Å². The molecule has 2 saturated heterocycles. The minimum Gasteiger partial charge on any atom is -0.373 e. The second kappa shape index (κ2) is 9.38.